The maximum atomic E-state index is 13.2. The first-order valence-corrected chi connectivity index (χ1v) is 6.64. The van der Waals surface area contributed by atoms with Crippen molar-refractivity contribution in [3.8, 4) is 5.75 Å². The fraction of sp³-hybridized carbons (Fsp3) is 0.0714. The van der Waals surface area contributed by atoms with Crippen molar-refractivity contribution in [2.24, 2.45) is 0 Å². The van der Waals surface area contributed by atoms with Gasteiger partial charge in [0.25, 0.3) is 5.91 Å². The first-order valence-electron chi connectivity index (χ1n) is 5.88. The minimum atomic E-state index is -0.602. The van der Waals surface area contributed by atoms with E-state index in [1.165, 1.54) is 18.2 Å². The molecule has 110 valence electrons. The molecule has 0 heterocycles. The van der Waals surface area contributed by atoms with Crippen LogP contribution in [0, 0.1) is 5.82 Å². The molecule has 0 aliphatic carbocycles. The van der Waals surface area contributed by atoms with Gasteiger partial charge in [0.2, 0.25) is 0 Å². The van der Waals surface area contributed by atoms with Crippen LogP contribution in [0.25, 0.3) is 0 Å². The fourth-order valence-corrected chi connectivity index (χ4v) is 2.00. The largest absolute Gasteiger partial charge is 0.482 e. The van der Waals surface area contributed by atoms with Gasteiger partial charge in [-0.1, -0.05) is 23.2 Å². The number of hydrogen-bond acceptors (Lipinski definition) is 3. The van der Waals surface area contributed by atoms with Gasteiger partial charge in [-0.3, -0.25) is 4.79 Å². The number of amides is 1. The van der Waals surface area contributed by atoms with Gasteiger partial charge in [0.05, 0.1) is 10.7 Å². The minimum absolute atomic E-state index is 0.0113. The van der Waals surface area contributed by atoms with Crippen LogP contribution in [0.2, 0.25) is 10.0 Å². The Kier molecular flexibility index (Phi) is 4.88. The molecule has 0 unspecified atom stereocenters. The van der Waals surface area contributed by atoms with Crippen molar-refractivity contribution < 1.29 is 13.9 Å². The van der Waals surface area contributed by atoms with E-state index in [2.05, 4.69) is 5.32 Å². The third-order valence-corrected chi connectivity index (χ3v) is 3.07. The number of anilines is 2. The van der Waals surface area contributed by atoms with Crippen LogP contribution in [0.15, 0.2) is 36.4 Å². The number of nitrogen functional groups attached to an aromatic ring is 1. The van der Waals surface area contributed by atoms with E-state index in [0.717, 1.165) is 6.07 Å². The van der Waals surface area contributed by atoms with Crippen molar-refractivity contribution in [2.45, 2.75) is 0 Å². The Balaban J connectivity index is 1.94. The summed E-state index contributed by atoms with van der Waals surface area (Å²) in [4.78, 5) is 11.7. The Morgan fingerprint density at radius 2 is 2.00 bits per heavy atom. The second-order valence-corrected chi connectivity index (χ2v) is 4.99. The molecule has 0 atom stereocenters. The lowest BCUT2D eigenvalue weighted by atomic mass is 10.2. The van der Waals surface area contributed by atoms with Gasteiger partial charge < -0.3 is 15.8 Å². The van der Waals surface area contributed by atoms with Gasteiger partial charge in [-0.2, -0.15) is 0 Å². The summed E-state index contributed by atoms with van der Waals surface area (Å²) in [7, 11) is 0. The molecular formula is C14H11Cl2FN2O2. The molecule has 0 fully saturated rings. The monoisotopic (exact) mass is 328 g/mol. The molecule has 3 N–H and O–H groups in total. The number of ether oxygens (including phenoxy) is 1. The van der Waals surface area contributed by atoms with Crippen molar-refractivity contribution in [3.63, 3.8) is 0 Å². The van der Waals surface area contributed by atoms with Crippen LogP contribution in [0.5, 0.6) is 5.75 Å². The maximum Gasteiger partial charge on any atom is 0.262 e. The molecule has 2 rings (SSSR count). The molecule has 4 nitrogen and oxygen atoms in total. The zero-order chi connectivity index (χ0) is 15.4. The van der Waals surface area contributed by atoms with Crippen LogP contribution in [0.1, 0.15) is 0 Å². The quantitative estimate of drug-likeness (QED) is 0.840. The number of carbonyl (C=O) groups excluding carboxylic acids is 1. The zero-order valence-corrected chi connectivity index (χ0v) is 12.2. The van der Waals surface area contributed by atoms with E-state index in [0.29, 0.717) is 15.8 Å². The van der Waals surface area contributed by atoms with Gasteiger partial charge in [0.15, 0.2) is 6.61 Å². The molecule has 0 saturated heterocycles. The summed E-state index contributed by atoms with van der Waals surface area (Å²) in [6.07, 6.45) is 0. The number of nitrogens with two attached hydrogens (primary N) is 1. The normalized spacial score (nSPS) is 10.2. The summed E-state index contributed by atoms with van der Waals surface area (Å²) in [6, 6.07) is 8.64. The number of halogens is 3. The van der Waals surface area contributed by atoms with Crippen LogP contribution in [0.4, 0.5) is 15.8 Å². The lowest BCUT2D eigenvalue weighted by molar-refractivity contribution is -0.118. The highest BCUT2D eigenvalue weighted by Gasteiger charge is 2.08. The lowest BCUT2D eigenvalue weighted by Gasteiger charge is -2.09. The lowest BCUT2D eigenvalue weighted by Crippen LogP contribution is -2.20. The van der Waals surface area contributed by atoms with Gasteiger partial charge in [0.1, 0.15) is 11.6 Å². The van der Waals surface area contributed by atoms with E-state index in [1.807, 2.05) is 0 Å². The van der Waals surface area contributed by atoms with E-state index in [1.54, 1.807) is 12.1 Å². The molecule has 1 amide bonds. The number of benzene rings is 2. The third-order valence-electron chi connectivity index (χ3n) is 2.54. The molecule has 0 aliphatic rings. The van der Waals surface area contributed by atoms with Crippen molar-refractivity contribution in [2.75, 3.05) is 17.7 Å². The number of nitrogens with one attached hydrogen (secondary N) is 1. The Hall–Kier alpha value is -1.98. The predicted octanol–water partition coefficient (Wildman–Crippen LogP) is 3.73. The Morgan fingerprint density at radius 3 is 2.67 bits per heavy atom. The van der Waals surface area contributed by atoms with Crippen LogP contribution in [-0.2, 0) is 4.79 Å². The highest BCUT2D eigenvalue weighted by molar-refractivity contribution is 6.35. The minimum Gasteiger partial charge on any atom is -0.482 e. The first kappa shape index (κ1) is 15.4. The summed E-state index contributed by atoms with van der Waals surface area (Å²) in [5, 5.41) is 3.25. The third kappa shape index (κ3) is 4.24. The first-order chi connectivity index (χ1) is 9.95. The van der Waals surface area contributed by atoms with Crippen LogP contribution in [-0.4, -0.2) is 12.5 Å². The van der Waals surface area contributed by atoms with E-state index >= 15 is 0 Å². The van der Waals surface area contributed by atoms with Gasteiger partial charge in [0, 0.05) is 10.7 Å². The van der Waals surface area contributed by atoms with Gasteiger partial charge in [-0.25, -0.2) is 4.39 Å². The highest BCUT2D eigenvalue weighted by Crippen LogP contribution is 2.27. The molecule has 0 aliphatic heterocycles. The number of carbonyl (C=O) groups is 1. The molecule has 7 heteroatoms. The van der Waals surface area contributed by atoms with E-state index in [4.69, 9.17) is 33.7 Å². The number of rotatable bonds is 4. The van der Waals surface area contributed by atoms with Crippen LogP contribution >= 0.6 is 23.2 Å². The van der Waals surface area contributed by atoms with Crippen molar-refractivity contribution in [1.29, 1.82) is 0 Å². The standard InChI is InChI=1S/C14H11Cl2FN2O2/c15-8-1-4-13(10(16)5-8)21-7-14(20)19-9-2-3-12(18)11(17)6-9/h1-6H,7,18H2,(H,19,20). The Morgan fingerprint density at radius 1 is 1.24 bits per heavy atom. The van der Waals surface area contributed by atoms with Gasteiger partial charge in [-0.15, -0.1) is 0 Å². The summed E-state index contributed by atoms with van der Waals surface area (Å²) in [5.41, 5.74) is 5.65. The topological polar surface area (TPSA) is 64.3 Å². The smallest absolute Gasteiger partial charge is 0.262 e. The molecule has 0 bridgehead atoms. The van der Waals surface area contributed by atoms with E-state index < -0.39 is 11.7 Å². The average molecular weight is 329 g/mol. The average Bonchev–Trinajstić information content (AvgIpc) is 2.42. The summed E-state index contributed by atoms with van der Waals surface area (Å²) >= 11 is 11.7. The van der Waals surface area contributed by atoms with Crippen LogP contribution in [0.3, 0.4) is 0 Å². The second-order valence-electron chi connectivity index (χ2n) is 4.15. The maximum absolute atomic E-state index is 13.2. The number of hydrogen-bond donors (Lipinski definition) is 2. The molecule has 0 saturated carbocycles. The SMILES string of the molecule is Nc1ccc(NC(=O)COc2ccc(Cl)cc2Cl)cc1F. The zero-order valence-electron chi connectivity index (χ0n) is 10.7. The van der Waals surface area contributed by atoms with E-state index in [9.17, 15) is 9.18 Å². The van der Waals surface area contributed by atoms with Crippen molar-refractivity contribution >= 4 is 40.5 Å². The molecule has 21 heavy (non-hydrogen) atoms. The summed E-state index contributed by atoms with van der Waals surface area (Å²) < 4.78 is 18.5. The van der Waals surface area contributed by atoms with Gasteiger partial charge >= 0.3 is 0 Å². The second kappa shape index (κ2) is 6.65. The van der Waals surface area contributed by atoms with Gasteiger partial charge in [-0.05, 0) is 36.4 Å². The molecule has 2 aromatic carbocycles. The van der Waals surface area contributed by atoms with Crippen molar-refractivity contribution in [1.82, 2.24) is 0 Å². The van der Waals surface area contributed by atoms with Crippen molar-refractivity contribution in [3.05, 3.63) is 52.3 Å². The molecule has 2 aromatic rings. The molecule has 0 spiro atoms. The summed E-state index contributed by atoms with van der Waals surface area (Å²) in [6.45, 7) is -0.270. The molecule has 0 aromatic heterocycles. The molecule has 0 radical (unpaired) electrons. The summed E-state index contributed by atoms with van der Waals surface area (Å²) in [5.74, 6) is -0.723. The Bertz CT molecular complexity index is 680. The molecular weight excluding hydrogens is 318 g/mol. The Labute approximate surface area is 130 Å². The van der Waals surface area contributed by atoms with E-state index in [-0.39, 0.29) is 18.0 Å². The van der Waals surface area contributed by atoms with Crippen LogP contribution < -0.4 is 15.8 Å². The fourth-order valence-electron chi connectivity index (χ4n) is 1.54. The predicted molar refractivity (Wildman–Crippen MR) is 81.4 cm³/mol. The highest BCUT2D eigenvalue weighted by atomic mass is 35.5.